The van der Waals surface area contributed by atoms with Crippen LogP contribution in [0.15, 0.2) is 71.6 Å². The first-order chi connectivity index (χ1) is 16.1. The zero-order chi connectivity index (χ0) is 22.8. The van der Waals surface area contributed by atoms with Gasteiger partial charge in [0.15, 0.2) is 11.5 Å². The molecule has 0 radical (unpaired) electrons. The number of amides is 2. The first-order valence-electron chi connectivity index (χ1n) is 10.6. The summed E-state index contributed by atoms with van der Waals surface area (Å²) in [6.45, 7) is 1.06. The third kappa shape index (κ3) is 4.79. The summed E-state index contributed by atoms with van der Waals surface area (Å²) in [6.07, 6.45) is -0.280. The predicted octanol–water partition coefficient (Wildman–Crippen LogP) is 4.55. The van der Waals surface area contributed by atoms with Crippen molar-refractivity contribution in [1.29, 1.82) is 0 Å². The fourth-order valence-corrected chi connectivity index (χ4v) is 4.94. The number of carbonyl (C=O) groups excluding carboxylic acids is 2. The molecule has 0 fully saturated rings. The molecule has 6 nitrogen and oxygen atoms in total. The highest BCUT2D eigenvalue weighted by Gasteiger charge is 2.27. The highest BCUT2D eigenvalue weighted by Crippen LogP contribution is 2.37. The first kappa shape index (κ1) is 21.7. The van der Waals surface area contributed by atoms with Crippen LogP contribution in [0.25, 0.3) is 0 Å². The number of benzene rings is 3. The zero-order valence-corrected chi connectivity index (χ0v) is 19.2. The quantitative estimate of drug-likeness (QED) is 0.580. The summed E-state index contributed by atoms with van der Waals surface area (Å²) in [7, 11) is 0. The van der Waals surface area contributed by atoms with Gasteiger partial charge < -0.3 is 19.7 Å². The van der Waals surface area contributed by atoms with Crippen molar-refractivity contribution in [2.75, 3.05) is 23.8 Å². The van der Waals surface area contributed by atoms with Crippen LogP contribution in [-0.4, -0.2) is 36.8 Å². The lowest BCUT2D eigenvalue weighted by Crippen LogP contribution is -2.41. The molecule has 33 heavy (non-hydrogen) atoms. The van der Waals surface area contributed by atoms with Crippen molar-refractivity contribution in [3.05, 3.63) is 82.9 Å². The molecule has 0 aliphatic carbocycles. The van der Waals surface area contributed by atoms with Gasteiger partial charge in [0.1, 0.15) is 12.7 Å². The van der Waals surface area contributed by atoms with Gasteiger partial charge in [-0.05, 0) is 48.0 Å². The average Bonchev–Trinajstić information content (AvgIpc) is 2.84. The summed E-state index contributed by atoms with van der Waals surface area (Å²) >= 11 is 7.59. The summed E-state index contributed by atoms with van der Waals surface area (Å²) in [4.78, 5) is 28.3. The molecular formula is C25H21ClN2O4S. The van der Waals surface area contributed by atoms with Crippen LogP contribution in [0.3, 0.4) is 0 Å². The number of halogens is 1. The van der Waals surface area contributed by atoms with Crippen LogP contribution >= 0.6 is 23.4 Å². The number of nitrogens with zero attached hydrogens (tertiary/aromatic N) is 1. The number of fused-ring (bicyclic) bond motifs is 2. The Kier molecular flexibility index (Phi) is 6.15. The molecule has 2 heterocycles. The van der Waals surface area contributed by atoms with Gasteiger partial charge >= 0.3 is 0 Å². The van der Waals surface area contributed by atoms with Gasteiger partial charge in [-0.3, -0.25) is 9.59 Å². The van der Waals surface area contributed by atoms with Crippen LogP contribution in [0.5, 0.6) is 11.5 Å². The van der Waals surface area contributed by atoms with Gasteiger partial charge in [0.25, 0.3) is 5.91 Å². The summed E-state index contributed by atoms with van der Waals surface area (Å²) in [6, 6.07) is 20.3. The first-order valence-corrected chi connectivity index (χ1v) is 11.9. The number of ether oxygens (including phenoxy) is 2. The Labute approximate surface area is 200 Å². The van der Waals surface area contributed by atoms with Gasteiger partial charge in [-0.15, -0.1) is 11.8 Å². The van der Waals surface area contributed by atoms with E-state index in [1.165, 1.54) is 11.8 Å². The van der Waals surface area contributed by atoms with Crippen LogP contribution < -0.4 is 19.7 Å². The smallest absolute Gasteiger partial charge is 0.251 e. The maximum Gasteiger partial charge on any atom is 0.251 e. The van der Waals surface area contributed by atoms with Crippen molar-refractivity contribution in [2.45, 2.75) is 17.5 Å². The molecule has 0 spiro atoms. The molecule has 2 aliphatic rings. The topological polar surface area (TPSA) is 67.9 Å². The van der Waals surface area contributed by atoms with Crippen molar-refractivity contribution in [3.63, 3.8) is 0 Å². The third-order valence-corrected chi connectivity index (χ3v) is 6.73. The SMILES string of the molecule is O=C(NC[C@H]1COc2ccccc2O1)c1ccc2c(c1)N(Cc1cccc(Cl)c1)C(=O)CS2. The van der Waals surface area contributed by atoms with Crippen molar-refractivity contribution in [2.24, 2.45) is 0 Å². The maximum atomic E-state index is 12.9. The lowest BCUT2D eigenvalue weighted by molar-refractivity contribution is -0.116. The van der Waals surface area contributed by atoms with Crippen molar-refractivity contribution >= 4 is 40.9 Å². The number of thioether (sulfide) groups is 1. The lowest BCUT2D eigenvalue weighted by atomic mass is 10.1. The number of para-hydroxylation sites is 2. The van der Waals surface area contributed by atoms with Crippen molar-refractivity contribution in [1.82, 2.24) is 5.32 Å². The predicted molar refractivity (Wildman–Crippen MR) is 128 cm³/mol. The zero-order valence-electron chi connectivity index (χ0n) is 17.6. The molecule has 5 rings (SSSR count). The number of hydrogen-bond acceptors (Lipinski definition) is 5. The van der Waals surface area contributed by atoms with Crippen LogP contribution in [0.4, 0.5) is 5.69 Å². The molecule has 0 aromatic heterocycles. The minimum Gasteiger partial charge on any atom is -0.486 e. The second-order valence-corrected chi connectivity index (χ2v) is 9.24. The van der Waals surface area contributed by atoms with Gasteiger partial charge in [-0.25, -0.2) is 0 Å². The Morgan fingerprint density at radius 3 is 2.79 bits per heavy atom. The second kappa shape index (κ2) is 9.37. The van der Waals surface area contributed by atoms with Crippen LogP contribution in [0.2, 0.25) is 5.02 Å². The van der Waals surface area contributed by atoms with Gasteiger partial charge in [0.2, 0.25) is 5.91 Å². The Hall–Kier alpha value is -3.16. The molecule has 1 N–H and O–H groups in total. The Balaban J connectivity index is 1.29. The van der Waals surface area contributed by atoms with E-state index in [1.807, 2.05) is 48.5 Å². The van der Waals surface area contributed by atoms with Crippen molar-refractivity contribution in [3.8, 4) is 11.5 Å². The van der Waals surface area contributed by atoms with E-state index in [-0.39, 0.29) is 17.9 Å². The molecule has 2 amide bonds. The molecular weight excluding hydrogens is 460 g/mol. The van der Waals surface area contributed by atoms with Gasteiger partial charge in [0, 0.05) is 15.5 Å². The monoisotopic (exact) mass is 480 g/mol. The Morgan fingerprint density at radius 1 is 1.09 bits per heavy atom. The fourth-order valence-electron chi connectivity index (χ4n) is 3.81. The molecule has 0 saturated heterocycles. The molecule has 168 valence electrons. The minimum atomic E-state index is -0.280. The number of nitrogens with one attached hydrogen (secondary N) is 1. The summed E-state index contributed by atoms with van der Waals surface area (Å²) < 4.78 is 11.6. The van der Waals surface area contributed by atoms with E-state index in [4.69, 9.17) is 21.1 Å². The van der Waals surface area contributed by atoms with E-state index >= 15 is 0 Å². The maximum absolute atomic E-state index is 12.9. The molecule has 0 bridgehead atoms. The lowest BCUT2D eigenvalue weighted by Gasteiger charge is -2.29. The van der Waals surface area contributed by atoms with E-state index in [0.717, 1.165) is 16.1 Å². The summed E-state index contributed by atoms with van der Waals surface area (Å²) in [5.74, 6) is 1.50. The van der Waals surface area contributed by atoms with Gasteiger partial charge in [0.05, 0.1) is 24.5 Å². The number of carbonyl (C=O) groups is 2. The van der Waals surface area contributed by atoms with E-state index in [1.54, 1.807) is 23.1 Å². The van der Waals surface area contributed by atoms with Gasteiger partial charge in [-0.2, -0.15) is 0 Å². The van der Waals surface area contributed by atoms with Gasteiger partial charge in [-0.1, -0.05) is 35.9 Å². The van der Waals surface area contributed by atoms with Crippen LogP contribution in [0, 0.1) is 0 Å². The highest BCUT2D eigenvalue weighted by molar-refractivity contribution is 8.00. The molecule has 3 aromatic rings. The van der Waals surface area contributed by atoms with E-state index < -0.39 is 0 Å². The molecule has 2 aliphatic heterocycles. The molecule has 0 saturated carbocycles. The Morgan fingerprint density at radius 2 is 1.94 bits per heavy atom. The van der Waals surface area contributed by atoms with E-state index in [0.29, 0.717) is 47.5 Å². The third-order valence-electron chi connectivity index (χ3n) is 5.45. The van der Waals surface area contributed by atoms with E-state index in [9.17, 15) is 9.59 Å². The standard InChI is InChI=1S/C25H21ClN2O4S/c26-18-5-3-4-16(10-18)13-28-20-11-17(8-9-23(20)33-15-24(28)29)25(30)27-12-19-14-31-21-6-1-2-7-22(21)32-19/h1-11,19H,12-15H2,(H,27,30)/t19-/m0/s1. The number of anilines is 1. The van der Waals surface area contributed by atoms with Crippen molar-refractivity contribution < 1.29 is 19.1 Å². The minimum absolute atomic E-state index is 0.00328. The van der Waals surface area contributed by atoms with Crippen LogP contribution in [0.1, 0.15) is 15.9 Å². The number of rotatable bonds is 5. The Bertz CT molecular complexity index is 1220. The average molecular weight is 481 g/mol. The second-order valence-electron chi connectivity index (χ2n) is 7.79. The normalized spacial score (nSPS) is 16.8. The summed E-state index contributed by atoms with van der Waals surface area (Å²) in [5, 5.41) is 3.54. The fraction of sp³-hybridized carbons (Fsp3) is 0.200. The molecule has 0 unspecified atom stereocenters. The molecule has 8 heteroatoms. The number of hydrogen-bond donors (Lipinski definition) is 1. The van der Waals surface area contributed by atoms with Crippen LogP contribution in [-0.2, 0) is 11.3 Å². The molecule has 3 aromatic carbocycles. The molecule has 1 atom stereocenters. The highest BCUT2D eigenvalue weighted by atomic mass is 35.5. The van der Waals surface area contributed by atoms with E-state index in [2.05, 4.69) is 5.32 Å². The largest absolute Gasteiger partial charge is 0.486 e. The summed E-state index contributed by atoms with van der Waals surface area (Å²) in [5.41, 5.74) is 2.14.